The second-order valence-corrected chi connectivity index (χ2v) is 8.27. The number of carbonyl (C=O) groups excluding carboxylic acids is 2. The third kappa shape index (κ3) is 3.43. The summed E-state index contributed by atoms with van der Waals surface area (Å²) in [5, 5.41) is 2.94. The van der Waals surface area contributed by atoms with Gasteiger partial charge >= 0.3 is 5.97 Å². The van der Waals surface area contributed by atoms with E-state index in [1.165, 1.54) is 0 Å². The molecule has 2 aromatic rings. The summed E-state index contributed by atoms with van der Waals surface area (Å²) in [6.07, 6.45) is 1.77. The lowest BCUT2D eigenvalue weighted by atomic mass is 10.1. The largest absolute Gasteiger partial charge is 0.459 e. The Bertz CT molecular complexity index is 896. The zero-order valence-electron chi connectivity index (χ0n) is 16.1. The smallest absolute Gasteiger partial charge is 0.323 e. The number of nitrogens with zero attached hydrogens (tertiary/aromatic N) is 3. The number of para-hydroxylation sites is 1. The summed E-state index contributed by atoms with van der Waals surface area (Å²) in [4.78, 5) is 31.8. The van der Waals surface area contributed by atoms with E-state index in [-0.39, 0.29) is 17.9 Å². The van der Waals surface area contributed by atoms with Gasteiger partial charge in [0.15, 0.2) is 0 Å². The van der Waals surface area contributed by atoms with E-state index in [0.29, 0.717) is 25.2 Å². The first kappa shape index (κ1) is 18.0. The average Bonchev–Trinajstić information content (AvgIpc) is 3.13. The molecule has 0 unspecified atom stereocenters. The first-order valence-electron chi connectivity index (χ1n) is 9.57. The molecule has 1 atom stereocenters. The molecule has 0 saturated carbocycles. The van der Waals surface area contributed by atoms with E-state index in [1.54, 1.807) is 0 Å². The predicted octanol–water partition coefficient (Wildman–Crippen LogP) is 2.09. The molecule has 4 rings (SSSR count). The molecule has 2 aliphatic heterocycles. The summed E-state index contributed by atoms with van der Waals surface area (Å²) in [6, 6.07) is 5.40. The summed E-state index contributed by atoms with van der Waals surface area (Å²) < 4.78 is 7.73. The Labute approximate surface area is 158 Å². The van der Waals surface area contributed by atoms with Crippen LogP contribution in [0.5, 0.6) is 0 Å². The van der Waals surface area contributed by atoms with E-state index in [4.69, 9.17) is 9.72 Å². The van der Waals surface area contributed by atoms with Gasteiger partial charge in [-0.15, -0.1) is 0 Å². The molecule has 1 fully saturated rings. The Morgan fingerprint density at radius 1 is 1.33 bits per heavy atom. The Kier molecular flexibility index (Phi) is 4.42. The molecule has 2 aliphatic rings. The van der Waals surface area contributed by atoms with Crippen molar-refractivity contribution in [1.82, 2.24) is 19.8 Å². The summed E-state index contributed by atoms with van der Waals surface area (Å²) in [5.41, 5.74) is 1.88. The highest BCUT2D eigenvalue weighted by molar-refractivity contribution is 6.05. The van der Waals surface area contributed by atoms with Crippen LogP contribution >= 0.6 is 0 Å². The third-order valence-electron chi connectivity index (χ3n) is 5.10. The summed E-state index contributed by atoms with van der Waals surface area (Å²) in [5.74, 6) is 0.674. The van der Waals surface area contributed by atoms with Crippen LogP contribution in [0.4, 0.5) is 0 Å². The van der Waals surface area contributed by atoms with Crippen molar-refractivity contribution < 1.29 is 14.3 Å². The van der Waals surface area contributed by atoms with Gasteiger partial charge in [-0.05, 0) is 52.3 Å². The molecule has 0 spiro atoms. The van der Waals surface area contributed by atoms with Crippen molar-refractivity contribution in [3.63, 3.8) is 0 Å². The monoisotopic (exact) mass is 370 g/mol. The van der Waals surface area contributed by atoms with Crippen molar-refractivity contribution in [3.05, 3.63) is 29.6 Å². The van der Waals surface area contributed by atoms with Crippen LogP contribution in [0.2, 0.25) is 0 Å². The number of rotatable bonds is 3. The van der Waals surface area contributed by atoms with Gasteiger partial charge < -0.3 is 14.6 Å². The van der Waals surface area contributed by atoms with Gasteiger partial charge in [-0.25, -0.2) is 4.98 Å². The SMILES string of the molecule is CC(C)(C)OC(=O)[C@@H]1CCCN1Cc1nc2cccc3c2n1CCNC3=O. The Balaban J connectivity index is 1.63. The topological polar surface area (TPSA) is 76.5 Å². The normalized spacial score (nSPS) is 20.6. The van der Waals surface area contributed by atoms with Gasteiger partial charge in [-0.1, -0.05) is 6.07 Å². The fourth-order valence-corrected chi connectivity index (χ4v) is 3.99. The van der Waals surface area contributed by atoms with Crippen LogP contribution in [0.15, 0.2) is 18.2 Å². The van der Waals surface area contributed by atoms with Gasteiger partial charge in [-0.2, -0.15) is 0 Å². The van der Waals surface area contributed by atoms with Crippen molar-refractivity contribution in [2.45, 2.75) is 58.3 Å². The number of imidazole rings is 1. The van der Waals surface area contributed by atoms with Crippen LogP contribution in [-0.2, 0) is 22.6 Å². The highest BCUT2D eigenvalue weighted by Gasteiger charge is 2.35. The lowest BCUT2D eigenvalue weighted by Gasteiger charge is -2.27. The minimum atomic E-state index is -0.488. The van der Waals surface area contributed by atoms with Gasteiger partial charge in [0.1, 0.15) is 17.5 Å². The van der Waals surface area contributed by atoms with Crippen molar-refractivity contribution in [2.75, 3.05) is 13.1 Å². The number of ether oxygens (including phenoxy) is 1. The molecule has 0 bridgehead atoms. The molecular formula is C20H26N4O3. The Hall–Kier alpha value is -2.41. The Morgan fingerprint density at radius 3 is 2.93 bits per heavy atom. The molecule has 7 nitrogen and oxygen atoms in total. The van der Waals surface area contributed by atoms with Crippen LogP contribution in [0, 0.1) is 0 Å². The van der Waals surface area contributed by atoms with Gasteiger partial charge in [-0.3, -0.25) is 14.5 Å². The molecule has 0 aliphatic carbocycles. The minimum Gasteiger partial charge on any atom is -0.459 e. The zero-order chi connectivity index (χ0) is 19.2. The second-order valence-electron chi connectivity index (χ2n) is 8.27. The Morgan fingerprint density at radius 2 is 2.15 bits per heavy atom. The van der Waals surface area contributed by atoms with Crippen LogP contribution in [0.3, 0.4) is 0 Å². The minimum absolute atomic E-state index is 0.0568. The maximum Gasteiger partial charge on any atom is 0.323 e. The molecule has 0 radical (unpaired) electrons. The number of aromatic nitrogens is 2. The van der Waals surface area contributed by atoms with E-state index < -0.39 is 5.60 Å². The van der Waals surface area contributed by atoms with Crippen LogP contribution in [0.25, 0.3) is 11.0 Å². The molecule has 1 N–H and O–H groups in total. The molecular weight excluding hydrogens is 344 g/mol. The van der Waals surface area contributed by atoms with Crippen LogP contribution < -0.4 is 5.32 Å². The van der Waals surface area contributed by atoms with E-state index in [9.17, 15) is 9.59 Å². The van der Waals surface area contributed by atoms with Gasteiger partial charge in [0.25, 0.3) is 5.91 Å². The average molecular weight is 370 g/mol. The summed E-state index contributed by atoms with van der Waals surface area (Å²) >= 11 is 0. The number of amides is 1. The van der Waals surface area contributed by atoms with Crippen molar-refractivity contribution in [2.24, 2.45) is 0 Å². The molecule has 1 aromatic carbocycles. The first-order chi connectivity index (χ1) is 12.8. The number of hydrogen-bond donors (Lipinski definition) is 1. The van der Waals surface area contributed by atoms with E-state index in [0.717, 1.165) is 36.2 Å². The van der Waals surface area contributed by atoms with Crippen molar-refractivity contribution >= 4 is 22.9 Å². The molecule has 27 heavy (non-hydrogen) atoms. The predicted molar refractivity (Wildman–Crippen MR) is 101 cm³/mol. The maximum atomic E-state index is 12.6. The number of benzene rings is 1. The van der Waals surface area contributed by atoms with E-state index in [2.05, 4.69) is 14.8 Å². The van der Waals surface area contributed by atoms with Gasteiger partial charge in [0.2, 0.25) is 0 Å². The fraction of sp³-hybridized carbons (Fsp3) is 0.550. The molecule has 3 heterocycles. The van der Waals surface area contributed by atoms with Crippen molar-refractivity contribution in [3.8, 4) is 0 Å². The zero-order valence-corrected chi connectivity index (χ0v) is 16.1. The highest BCUT2D eigenvalue weighted by atomic mass is 16.6. The fourth-order valence-electron chi connectivity index (χ4n) is 3.99. The number of likely N-dealkylation sites (tertiary alicyclic amines) is 1. The number of carbonyl (C=O) groups is 2. The quantitative estimate of drug-likeness (QED) is 0.837. The summed E-state index contributed by atoms with van der Waals surface area (Å²) in [6.45, 7) is 8.35. The molecule has 1 aromatic heterocycles. The number of nitrogens with one attached hydrogen (secondary N) is 1. The number of esters is 1. The maximum absolute atomic E-state index is 12.6. The highest BCUT2D eigenvalue weighted by Crippen LogP contribution is 2.27. The van der Waals surface area contributed by atoms with Crippen LogP contribution in [-0.4, -0.2) is 51.1 Å². The standard InChI is InChI=1S/C20H26N4O3/c1-20(2,3)27-19(26)15-8-5-10-23(15)12-16-22-14-7-4-6-13-17(14)24(16)11-9-21-18(13)25/h4,6-7,15H,5,8-12H2,1-3H3,(H,21,25)/t15-/m0/s1. The number of hydrogen-bond acceptors (Lipinski definition) is 5. The van der Waals surface area contributed by atoms with Gasteiger partial charge in [0.05, 0.1) is 23.1 Å². The lowest BCUT2D eigenvalue weighted by molar-refractivity contribution is -0.160. The van der Waals surface area contributed by atoms with E-state index >= 15 is 0 Å². The van der Waals surface area contributed by atoms with Gasteiger partial charge in [0, 0.05) is 13.1 Å². The summed E-state index contributed by atoms with van der Waals surface area (Å²) in [7, 11) is 0. The van der Waals surface area contributed by atoms with E-state index in [1.807, 2.05) is 39.0 Å². The molecule has 144 valence electrons. The lowest BCUT2D eigenvalue weighted by Crippen LogP contribution is -2.40. The molecule has 7 heteroatoms. The second kappa shape index (κ2) is 6.64. The molecule has 1 amide bonds. The first-order valence-corrected chi connectivity index (χ1v) is 9.57. The third-order valence-corrected chi connectivity index (χ3v) is 5.10. The van der Waals surface area contributed by atoms with Crippen LogP contribution in [0.1, 0.15) is 49.8 Å². The molecule has 1 saturated heterocycles. The van der Waals surface area contributed by atoms with Crippen molar-refractivity contribution in [1.29, 1.82) is 0 Å².